The second kappa shape index (κ2) is 3.51. The Kier molecular flexibility index (Phi) is 2.68. The zero-order valence-corrected chi connectivity index (χ0v) is 7.92. The van der Waals surface area contributed by atoms with E-state index in [0.717, 1.165) is 26.0 Å². The van der Waals surface area contributed by atoms with E-state index < -0.39 is 17.4 Å². The maximum atomic E-state index is 12.5. The Hall–Kier alpha value is -1.62. The van der Waals surface area contributed by atoms with Crippen LogP contribution in [0.2, 0.25) is 0 Å². The van der Waals surface area contributed by atoms with Crippen LogP contribution in [0.4, 0.5) is 19.0 Å². The summed E-state index contributed by atoms with van der Waals surface area (Å²) in [6, 6.07) is 0.957. The van der Waals surface area contributed by atoms with Gasteiger partial charge in [0.25, 0.3) is 0 Å². The molecule has 0 saturated heterocycles. The van der Waals surface area contributed by atoms with Crippen LogP contribution >= 0.6 is 0 Å². The number of hydrogen-bond acceptors (Lipinski definition) is 4. The van der Waals surface area contributed by atoms with Crippen LogP contribution in [0.15, 0.2) is 15.6 Å². The fraction of sp³-hybridized carbons (Fsp3) is 0.500. The van der Waals surface area contributed by atoms with Gasteiger partial charge in [-0.3, -0.25) is 0 Å². The van der Waals surface area contributed by atoms with Crippen molar-refractivity contribution in [2.45, 2.75) is 25.4 Å². The third kappa shape index (κ3) is 2.07. The van der Waals surface area contributed by atoms with Crippen molar-refractivity contribution in [1.82, 2.24) is 5.16 Å². The Bertz CT molecular complexity index is 402. The van der Waals surface area contributed by atoms with E-state index in [4.69, 9.17) is 0 Å². The van der Waals surface area contributed by atoms with E-state index in [1.807, 2.05) is 0 Å². The topological polar surface area (TPSA) is 55.5 Å². The molecule has 4 nitrogen and oxygen atoms in total. The van der Waals surface area contributed by atoms with Gasteiger partial charge in [0.2, 0.25) is 11.9 Å². The molecular weight excluding hydrogens is 213 g/mol. The molecule has 82 valence electrons. The largest absolute Gasteiger partial charge is 0.401 e. The molecule has 0 atom stereocenters. The predicted octanol–water partition coefficient (Wildman–Crippen LogP) is 2.48. The van der Waals surface area contributed by atoms with Crippen molar-refractivity contribution in [3.05, 3.63) is 11.8 Å². The molecule has 1 aromatic rings. The summed E-state index contributed by atoms with van der Waals surface area (Å²) >= 11 is 0. The smallest absolute Gasteiger partial charge is 0.358 e. The summed E-state index contributed by atoms with van der Waals surface area (Å²) in [5, 5.41) is 3.18. The summed E-state index contributed by atoms with van der Waals surface area (Å²) in [5.74, 6) is -0.624. The Morgan fingerprint density at radius 3 is 2.53 bits per heavy atom. The van der Waals surface area contributed by atoms with Gasteiger partial charge >= 0.3 is 6.18 Å². The predicted molar refractivity (Wildman–Crippen MR) is 43.4 cm³/mol. The third-order valence-corrected chi connectivity index (χ3v) is 1.98. The van der Waals surface area contributed by atoms with Gasteiger partial charge in [0, 0.05) is 6.07 Å². The van der Waals surface area contributed by atoms with Crippen molar-refractivity contribution in [1.29, 1.82) is 0 Å². The monoisotopic (exact) mass is 220 g/mol. The van der Waals surface area contributed by atoms with Crippen molar-refractivity contribution in [3.8, 4) is 0 Å². The average molecular weight is 220 g/mol. The lowest BCUT2D eigenvalue weighted by Gasteiger charge is -2.24. The normalized spacial score (nSPS) is 12.3. The molecular formula is C8H7F3N2O2. The molecule has 0 unspecified atom stereocenters. The van der Waals surface area contributed by atoms with Gasteiger partial charge in [0.15, 0.2) is 5.76 Å². The van der Waals surface area contributed by atoms with E-state index in [9.17, 15) is 18.0 Å². The van der Waals surface area contributed by atoms with Gasteiger partial charge in [-0.2, -0.15) is 13.2 Å². The second-order valence-electron chi connectivity index (χ2n) is 3.38. The highest BCUT2D eigenvalue weighted by Crippen LogP contribution is 2.41. The van der Waals surface area contributed by atoms with Crippen molar-refractivity contribution in [3.63, 3.8) is 0 Å². The van der Waals surface area contributed by atoms with Gasteiger partial charge in [0.05, 0.1) is 0 Å². The molecule has 0 bridgehead atoms. The SMILES string of the molecule is CC(C)(c1cc(N=C=O)no1)C(F)(F)F. The van der Waals surface area contributed by atoms with E-state index in [2.05, 4.69) is 14.7 Å². The van der Waals surface area contributed by atoms with Gasteiger partial charge < -0.3 is 4.52 Å². The van der Waals surface area contributed by atoms with Gasteiger partial charge in [0.1, 0.15) is 5.41 Å². The lowest BCUT2D eigenvalue weighted by molar-refractivity contribution is -0.185. The van der Waals surface area contributed by atoms with Crippen molar-refractivity contribution < 1.29 is 22.5 Å². The Labute approximate surface area is 82.8 Å². The average Bonchev–Trinajstić information content (AvgIpc) is 2.51. The molecule has 0 aliphatic carbocycles. The second-order valence-corrected chi connectivity index (χ2v) is 3.38. The molecule has 0 aliphatic heterocycles. The molecule has 0 spiro atoms. The summed E-state index contributed by atoms with van der Waals surface area (Å²) in [6.07, 6.45) is -3.30. The lowest BCUT2D eigenvalue weighted by Crippen LogP contribution is -2.35. The van der Waals surface area contributed by atoms with Crippen LogP contribution in [0.25, 0.3) is 0 Å². The summed E-state index contributed by atoms with van der Waals surface area (Å²) in [5.41, 5.74) is -2.17. The van der Waals surface area contributed by atoms with Crippen molar-refractivity contribution in [2.75, 3.05) is 0 Å². The molecule has 15 heavy (non-hydrogen) atoms. The van der Waals surface area contributed by atoms with Gasteiger partial charge in [-0.1, -0.05) is 5.16 Å². The van der Waals surface area contributed by atoms with E-state index in [1.165, 1.54) is 0 Å². The number of alkyl halides is 3. The molecule has 0 saturated carbocycles. The molecule has 1 heterocycles. The van der Waals surface area contributed by atoms with E-state index >= 15 is 0 Å². The minimum absolute atomic E-state index is 0.225. The minimum atomic E-state index is -4.46. The first kappa shape index (κ1) is 11.5. The van der Waals surface area contributed by atoms with Crippen LogP contribution < -0.4 is 0 Å². The molecule has 7 heteroatoms. The lowest BCUT2D eigenvalue weighted by atomic mass is 9.89. The van der Waals surface area contributed by atoms with Crippen LogP contribution in [0.3, 0.4) is 0 Å². The van der Waals surface area contributed by atoms with Crippen LogP contribution in [0.5, 0.6) is 0 Å². The van der Waals surface area contributed by atoms with Gasteiger partial charge in [-0.15, -0.1) is 4.99 Å². The van der Waals surface area contributed by atoms with Crippen LogP contribution in [-0.2, 0) is 10.2 Å². The van der Waals surface area contributed by atoms with Crippen LogP contribution in [0, 0.1) is 0 Å². The third-order valence-electron chi connectivity index (χ3n) is 1.98. The highest BCUT2D eigenvalue weighted by atomic mass is 19.4. The number of hydrogen-bond donors (Lipinski definition) is 0. The fourth-order valence-electron chi connectivity index (χ4n) is 0.800. The number of nitrogens with zero attached hydrogens (tertiary/aromatic N) is 2. The first-order valence-electron chi connectivity index (χ1n) is 3.91. The molecule has 1 aromatic heterocycles. The Balaban J connectivity index is 3.11. The quantitative estimate of drug-likeness (QED) is 0.568. The molecule has 0 amide bonds. The zero-order valence-electron chi connectivity index (χ0n) is 7.92. The first-order valence-corrected chi connectivity index (χ1v) is 3.91. The molecule has 1 rings (SSSR count). The summed E-state index contributed by atoms with van der Waals surface area (Å²) < 4.78 is 42.0. The Morgan fingerprint density at radius 1 is 1.47 bits per heavy atom. The summed E-state index contributed by atoms with van der Waals surface area (Å²) in [6.45, 7) is 1.89. The van der Waals surface area contributed by atoms with Gasteiger partial charge in [-0.25, -0.2) is 4.79 Å². The summed E-state index contributed by atoms with van der Waals surface area (Å²) in [4.78, 5) is 12.9. The first-order chi connectivity index (χ1) is 6.79. The minimum Gasteiger partial charge on any atom is -0.358 e. The number of rotatable bonds is 2. The fourth-order valence-corrected chi connectivity index (χ4v) is 0.800. The highest BCUT2D eigenvalue weighted by molar-refractivity contribution is 5.44. The molecule has 0 radical (unpaired) electrons. The van der Waals surface area contributed by atoms with Gasteiger partial charge in [-0.05, 0) is 13.8 Å². The number of isocyanates is 1. The molecule has 0 aromatic carbocycles. The maximum Gasteiger partial charge on any atom is 0.401 e. The highest BCUT2D eigenvalue weighted by Gasteiger charge is 2.51. The Morgan fingerprint density at radius 2 is 2.07 bits per heavy atom. The van der Waals surface area contributed by atoms with Crippen molar-refractivity contribution in [2.24, 2.45) is 4.99 Å². The number of carbonyl (C=O) groups excluding carboxylic acids is 1. The number of aromatic nitrogens is 1. The van der Waals surface area contributed by atoms with E-state index in [1.54, 1.807) is 0 Å². The van der Waals surface area contributed by atoms with E-state index in [-0.39, 0.29) is 5.82 Å². The summed E-state index contributed by atoms with van der Waals surface area (Å²) in [7, 11) is 0. The molecule has 0 N–H and O–H groups in total. The molecule has 0 fully saturated rings. The molecule has 0 aliphatic rings. The van der Waals surface area contributed by atoms with Crippen LogP contribution in [0.1, 0.15) is 19.6 Å². The van der Waals surface area contributed by atoms with E-state index in [0.29, 0.717) is 0 Å². The van der Waals surface area contributed by atoms with Crippen LogP contribution in [-0.4, -0.2) is 17.4 Å². The number of aliphatic imine (C=N–C) groups is 1. The van der Waals surface area contributed by atoms with Crippen molar-refractivity contribution >= 4 is 11.9 Å². The maximum absolute atomic E-state index is 12.5. The number of halogens is 3. The standard InChI is InChI=1S/C8H7F3N2O2/c1-7(2,8(9,10)11)5-3-6(12-4-14)13-15-5/h3H,1-2H3. The zero-order chi connectivity index (χ0) is 11.7.